The van der Waals surface area contributed by atoms with E-state index >= 15 is 0 Å². The van der Waals surface area contributed by atoms with Crippen molar-refractivity contribution >= 4 is 23.5 Å². The topological polar surface area (TPSA) is 18.5 Å². The van der Waals surface area contributed by atoms with Crippen LogP contribution < -0.4 is 0 Å². The number of rotatable bonds is 0. The van der Waals surface area contributed by atoms with Gasteiger partial charge in [0.25, 0.3) is 0 Å². The van der Waals surface area contributed by atoms with Crippen LogP contribution in [-0.4, -0.2) is 35.6 Å². The molecule has 2 aliphatic rings. The van der Waals surface area contributed by atoms with E-state index in [1.807, 2.05) is 23.5 Å². The maximum absolute atomic E-state index is 5.79. The van der Waals surface area contributed by atoms with Crippen LogP contribution in [0.2, 0.25) is 0 Å². The maximum atomic E-state index is 5.79. The van der Waals surface area contributed by atoms with Crippen LogP contribution in [0.4, 0.5) is 0 Å². The number of ether oxygens (including phenoxy) is 2. The average Bonchev–Trinajstić information content (AvgIpc) is 2.33. The zero-order valence-corrected chi connectivity index (χ0v) is 8.72. The largest absolute Gasteiger partial charge is 0.377 e. The lowest BCUT2D eigenvalue weighted by Gasteiger charge is -2.34. The van der Waals surface area contributed by atoms with E-state index in [1.165, 1.54) is 17.9 Å². The summed E-state index contributed by atoms with van der Waals surface area (Å²) in [4.78, 5) is 0. The molecule has 2 aliphatic heterocycles. The molecular formula is C8H14O2S2. The highest BCUT2D eigenvalue weighted by atomic mass is 32.2. The Morgan fingerprint density at radius 1 is 1.00 bits per heavy atom. The second kappa shape index (κ2) is 4.22. The van der Waals surface area contributed by atoms with Crippen molar-refractivity contribution in [2.75, 3.05) is 31.3 Å². The van der Waals surface area contributed by atoms with Gasteiger partial charge in [0.2, 0.25) is 0 Å². The summed E-state index contributed by atoms with van der Waals surface area (Å²) in [5.74, 6) is 2.39. The first kappa shape index (κ1) is 9.19. The van der Waals surface area contributed by atoms with Gasteiger partial charge in [0, 0.05) is 6.61 Å². The summed E-state index contributed by atoms with van der Waals surface area (Å²) in [5, 5.41) is 0. The highest BCUT2D eigenvalue weighted by Crippen LogP contribution is 2.43. The summed E-state index contributed by atoms with van der Waals surface area (Å²) in [6.07, 6.45) is 2.35. The van der Waals surface area contributed by atoms with E-state index in [0.717, 1.165) is 26.2 Å². The Labute approximate surface area is 81.8 Å². The smallest absolute Gasteiger partial charge is 0.183 e. The summed E-state index contributed by atoms with van der Waals surface area (Å²) in [7, 11) is 0. The van der Waals surface area contributed by atoms with E-state index in [1.54, 1.807) is 0 Å². The molecule has 0 radical (unpaired) electrons. The van der Waals surface area contributed by atoms with Crippen LogP contribution in [0.25, 0.3) is 0 Å². The number of thioether (sulfide) groups is 2. The minimum atomic E-state index is -0.0469. The molecule has 0 aliphatic carbocycles. The van der Waals surface area contributed by atoms with Gasteiger partial charge in [0.15, 0.2) is 4.27 Å². The number of hydrogen-bond acceptors (Lipinski definition) is 4. The zero-order chi connectivity index (χ0) is 8.28. The summed E-state index contributed by atoms with van der Waals surface area (Å²) >= 11 is 3.84. The normalized spacial score (nSPS) is 38.0. The third kappa shape index (κ3) is 2.10. The van der Waals surface area contributed by atoms with Crippen LogP contribution in [0.15, 0.2) is 0 Å². The van der Waals surface area contributed by atoms with E-state index in [-0.39, 0.29) is 4.27 Å². The second-order valence-electron chi connectivity index (χ2n) is 2.99. The fourth-order valence-corrected chi connectivity index (χ4v) is 4.00. The minimum Gasteiger partial charge on any atom is -0.377 e. The van der Waals surface area contributed by atoms with Crippen LogP contribution in [0.1, 0.15) is 12.8 Å². The van der Waals surface area contributed by atoms with Crippen molar-refractivity contribution in [3.63, 3.8) is 0 Å². The molecule has 12 heavy (non-hydrogen) atoms. The summed E-state index contributed by atoms with van der Waals surface area (Å²) in [5.41, 5.74) is 0. The van der Waals surface area contributed by atoms with E-state index in [0.29, 0.717) is 0 Å². The lowest BCUT2D eigenvalue weighted by atomic mass is 10.5. The van der Waals surface area contributed by atoms with Gasteiger partial charge in [-0.2, -0.15) is 0 Å². The SMILES string of the molecule is C1COCC2(OCCCS2)SC1. The Morgan fingerprint density at radius 3 is 2.58 bits per heavy atom. The van der Waals surface area contributed by atoms with Crippen molar-refractivity contribution in [2.24, 2.45) is 0 Å². The Balaban J connectivity index is 1.95. The van der Waals surface area contributed by atoms with Gasteiger partial charge in [-0.05, 0) is 24.3 Å². The van der Waals surface area contributed by atoms with Crippen molar-refractivity contribution in [2.45, 2.75) is 17.1 Å². The highest BCUT2D eigenvalue weighted by Gasteiger charge is 2.36. The molecule has 0 aromatic rings. The third-order valence-electron chi connectivity index (χ3n) is 1.97. The molecule has 1 atom stereocenters. The molecular weight excluding hydrogens is 192 g/mol. The van der Waals surface area contributed by atoms with E-state index < -0.39 is 0 Å². The highest BCUT2D eigenvalue weighted by molar-refractivity contribution is 8.18. The van der Waals surface area contributed by atoms with Gasteiger partial charge in [-0.25, -0.2) is 0 Å². The van der Waals surface area contributed by atoms with Crippen molar-refractivity contribution in [3.05, 3.63) is 0 Å². The van der Waals surface area contributed by atoms with Crippen molar-refractivity contribution in [1.82, 2.24) is 0 Å². The van der Waals surface area contributed by atoms with Gasteiger partial charge in [-0.15, -0.1) is 23.5 Å². The molecule has 1 spiro atoms. The molecule has 0 aromatic heterocycles. The Morgan fingerprint density at radius 2 is 1.75 bits per heavy atom. The second-order valence-corrected chi connectivity index (χ2v) is 5.96. The Bertz CT molecular complexity index is 136. The molecule has 0 amide bonds. The minimum absolute atomic E-state index is 0.0469. The molecule has 2 heterocycles. The quantitative estimate of drug-likeness (QED) is 0.603. The average molecular weight is 206 g/mol. The van der Waals surface area contributed by atoms with Crippen LogP contribution >= 0.6 is 23.5 Å². The predicted molar refractivity (Wildman–Crippen MR) is 53.7 cm³/mol. The molecule has 1 unspecified atom stereocenters. The molecule has 0 N–H and O–H groups in total. The number of hydrogen-bond donors (Lipinski definition) is 0. The molecule has 2 fully saturated rings. The van der Waals surface area contributed by atoms with Crippen LogP contribution in [0, 0.1) is 0 Å². The summed E-state index contributed by atoms with van der Waals surface area (Å²) in [6, 6.07) is 0. The summed E-state index contributed by atoms with van der Waals surface area (Å²) < 4.78 is 11.3. The van der Waals surface area contributed by atoms with Crippen molar-refractivity contribution < 1.29 is 9.47 Å². The van der Waals surface area contributed by atoms with Crippen molar-refractivity contribution in [3.8, 4) is 0 Å². The third-order valence-corrected chi connectivity index (χ3v) is 5.01. The van der Waals surface area contributed by atoms with Crippen LogP contribution in [-0.2, 0) is 9.47 Å². The van der Waals surface area contributed by atoms with Crippen LogP contribution in [0.5, 0.6) is 0 Å². The summed E-state index contributed by atoms with van der Waals surface area (Å²) in [6.45, 7) is 2.57. The molecule has 2 nitrogen and oxygen atoms in total. The van der Waals surface area contributed by atoms with Gasteiger partial charge >= 0.3 is 0 Å². The molecule has 2 rings (SSSR count). The lowest BCUT2D eigenvalue weighted by molar-refractivity contribution is 0.0110. The predicted octanol–water partition coefficient (Wildman–Crippen LogP) is 1.95. The van der Waals surface area contributed by atoms with Crippen LogP contribution in [0.3, 0.4) is 0 Å². The van der Waals surface area contributed by atoms with Gasteiger partial charge in [0.05, 0.1) is 13.2 Å². The fourth-order valence-electron chi connectivity index (χ4n) is 1.35. The van der Waals surface area contributed by atoms with Gasteiger partial charge in [0.1, 0.15) is 0 Å². The zero-order valence-electron chi connectivity index (χ0n) is 7.08. The maximum Gasteiger partial charge on any atom is 0.183 e. The van der Waals surface area contributed by atoms with Gasteiger partial charge in [-0.1, -0.05) is 0 Å². The van der Waals surface area contributed by atoms with E-state index in [4.69, 9.17) is 9.47 Å². The monoisotopic (exact) mass is 206 g/mol. The first-order valence-corrected chi connectivity index (χ1v) is 6.38. The van der Waals surface area contributed by atoms with E-state index in [2.05, 4.69) is 0 Å². The Hall–Kier alpha value is 0.620. The molecule has 0 saturated carbocycles. The standard InChI is InChI=1S/C8H14O2S2/c1-3-9-7-8(11-5-1)10-4-2-6-12-8/h1-7H2. The van der Waals surface area contributed by atoms with Crippen molar-refractivity contribution in [1.29, 1.82) is 0 Å². The first-order valence-electron chi connectivity index (χ1n) is 4.41. The lowest BCUT2D eigenvalue weighted by Crippen LogP contribution is -2.34. The first-order chi connectivity index (χ1) is 5.91. The Kier molecular flexibility index (Phi) is 3.23. The molecule has 0 aromatic carbocycles. The molecule has 4 heteroatoms. The van der Waals surface area contributed by atoms with Gasteiger partial charge in [-0.3, -0.25) is 0 Å². The molecule has 70 valence electrons. The molecule has 2 saturated heterocycles. The fraction of sp³-hybridized carbons (Fsp3) is 1.00. The molecule has 0 bridgehead atoms. The van der Waals surface area contributed by atoms with Gasteiger partial charge < -0.3 is 9.47 Å². The van der Waals surface area contributed by atoms with E-state index in [9.17, 15) is 0 Å².